The summed E-state index contributed by atoms with van der Waals surface area (Å²) in [4.78, 5) is 12.6. The average Bonchev–Trinajstić information content (AvgIpc) is 2.61. The summed E-state index contributed by atoms with van der Waals surface area (Å²) in [6.45, 7) is 2.03. The van der Waals surface area contributed by atoms with Crippen molar-refractivity contribution in [2.75, 3.05) is 0 Å². The van der Waals surface area contributed by atoms with E-state index in [0.717, 1.165) is 22.4 Å². The van der Waals surface area contributed by atoms with Crippen molar-refractivity contribution in [1.82, 2.24) is 0 Å². The second-order valence-corrected chi connectivity index (χ2v) is 5.09. The molecule has 2 rings (SSSR count). The fourth-order valence-electron chi connectivity index (χ4n) is 1.39. The minimum Gasteiger partial charge on any atom is -0.277 e. The first-order valence-corrected chi connectivity index (χ1v) is 6.65. The summed E-state index contributed by atoms with van der Waals surface area (Å²) >= 11 is 0. The van der Waals surface area contributed by atoms with Gasteiger partial charge in [0, 0.05) is 5.56 Å². The van der Waals surface area contributed by atoms with Gasteiger partial charge in [-0.25, -0.2) is 0 Å². The zero-order valence-corrected chi connectivity index (χ0v) is 9.45. The summed E-state index contributed by atoms with van der Waals surface area (Å²) in [6, 6.07) is 10.1. The van der Waals surface area contributed by atoms with E-state index in [9.17, 15) is 4.79 Å². The third-order valence-corrected chi connectivity index (χ3v) is 4.44. The summed E-state index contributed by atoms with van der Waals surface area (Å²) in [6.07, 6.45) is 0.822. The highest BCUT2D eigenvalue weighted by Crippen LogP contribution is 2.29. The Morgan fingerprint density at radius 2 is 1.86 bits per heavy atom. The number of rotatable bonds is 2. The molecule has 0 amide bonds. The Morgan fingerprint density at radius 1 is 1.14 bits per heavy atom. The lowest BCUT2D eigenvalue weighted by Crippen LogP contribution is -1.98. The van der Waals surface area contributed by atoms with Crippen molar-refractivity contribution >= 4 is 20.7 Å². The molecule has 1 aromatic carbocycles. The van der Waals surface area contributed by atoms with Crippen molar-refractivity contribution < 1.29 is 0 Å². The molecule has 0 saturated heterocycles. The molecule has 72 valence electrons. The van der Waals surface area contributed by atoms with Gasteiger partial charge in [0.2, 0.25) is 4.74 Å². The lowest BCUT2D eigenvalue weighted by atomic mass is 10.1. The number of hydrogen-bond donors (Lipinski definition) is 0. The summed E-state index contributed by atoms with van der Waals surface area (Å²) in [5.74, 6) is 0. The average molecular weight is 222 g/mol. The van der Waals surface area contributed by atoms with E-state index in [0.29, 0.717) is 0 Å². The lowest BCUT2D eigenvalue weighted by molar-refractivity contribution is 1.15. The lowest BCUT2D eigenvalue weighted by Gasteiger charge is -1.98. The van der Waals surface area contributed by atoms with Gasteiger partial charge >= 0.3 is 0 Å². The van der Waals surface area contributed by atoms with E-state index in [1.54, 1.807) is 10.3 Å². The Bertz CT molecular complexity index is 468. The topological polar surface area (TPSA) is 17.1 Å². The molecule has 0 unspecified atom stereocenters. The van der Waals surface area contributed by atoms with Crippen LogP contribution in [0.15, 0.2) is 35.1 Å². The fourth-order valence-corrected chi connectivity index (χ4v) is 3.90. The van der Waals surface area contributed by atoms with Gasteiger partial charge in [-0.1, -0.05) is 47.6 Å². The standard InChI is InChI=1S/C11H10OS2/c1-2-9-10(13-14-11(9)12)8-6-4-3-5-7-8/h3-7H,2H2,1H3. The maximum Gasteiger partial charge on any atom is 0.246 e. The maximum absolute atomic E-state index is 11.5. The monoisotopic (exact) mass is 222 g/mol. The molecule has 0 aliphatic heterocycles. The van der Waals surface area contributed by atoms with Gasteiger partial charge in [0.1, 0.15) is 0 Å². The zero-order chi connectivity index (χ0) is 9.97. The van der Waals surface area contributed by atoms with Crippen molar-refractivity contribution in [3.63, 3.8) is 0 Å². The molecule has 0 fully saturated rings. The van der Waals surface area contributed by atoms with Crippen molar-refractivity contribution in [1.29, 1.82) is 0 Å². The van der Waals surface area contributed by atoms with E-state index in [1.807, 2.05) is 25.1 Å². The number of benzene rings is 1. The molecule has 3 heteroatoms. The first-order chi connectivity index (χ1) is 6.83. The van der Waals surface area contributed by atoms with Crippen LogP contribution >= 0.6 is 20.7 Å². The molecule has 0 radical (unpaired) electrons. The van der Waals surface area contributed by atoms with Crippen molar-refractivity contribution in [2.24, 2.45) is 0 Å². The van der Waals surface area contributed by atoms with Gasteiger partial charge < -0.3 is 0 Å². The molecular formula is C11H10OS2. The summed E-state index contributed by atoms with van der Waals surface area (Å²) in [5.41, 5.74) is 2.12. The van der Waals surface area contributed by atoms with E-state index in [2.05, 4.69) is 12.1 Å². The van der Waals surface area contributed by atoms with Crippen molar-refractivity contribution in [3.05, 3.63) is 45.4 Å². The Hall–Kier alpha value is -0.930. The van der Waals surface area contributed by atoms with Gasteiger partial charge in [-0.2, -0.15) is 0 Å². The van der Waals surface area contributed by atoms with Gasteiger partial charge in [-0.05, 0) is 22.3 Å². The molecule has 1 heterocycles. The van der Waals surface area contributed by atoms with Gasteiger partial charge in [0.15, 0.2) is 0 Å². The third-order valence-electron chi connectivity index (χ3n) is 2.11. The quantitative estimate of drug-likeness (QED) is 0.712. The molecule has 0 spiro atoms. The van der Waals surface area contributed by atoms with Gasteiger partial charge in [-0.15, -0.1) is 0 Å². The molecule has 1 aromatic heterocycles. The number of hydrogen-bond acceptors (Lipinski definition) is 3. The smallest absolute Gasteiger partial charge is 0.246 e. The molecule has 0 saturated carbocycles. The molecular weight excluding hydrogens is 212 g/mol. The van der Waals surface area contributed by atoms with E-state index < -0.39 is 0 Å². The SMILES string of the molecule is CCc1c(-c2ccccc2)ssc1=O. The molecule has 0 atom stereocenters. The first-order valence-electron chi connectivity index (χ1n) is 4.50. The second kappa shape index (κ2) is 4.07. The second-order valence-electron chi connectivity index (χ2n) is 2.98. The van der Waals surface area contributed by atoms with E-state index in [1.165, 1.54) is 10.3 Å². The molecule has 0 bridgehead atoms. The minimum absolute atomic E-state index is 0.219. The predicted octanol–water partition coefficient (Wildman–Crippen LogP) is 3.40. The van der Waals surface area contributed by atoms with Crippen LogP contribution < -0.4 is 4.74 Å². The third kappa shape index (κ3) is 1.65. The molecule has 14 heavy (non-hydrogen) atoms. The van der Waals surface area contributed by atoms with Gasteiger partial charge in [0.25, 0.3) is 0 Å². The van der Waals surface area contributed by atoms with Crippen molar-refractivity contribution in [2.45, 2.75) is 13.3 Å². The van der Waals surface area contributed by atoms with E-state index in [-0.39, 0.29) is 4.74 Å². The zero-order valence-electron chi connectivity index (χ0n) is 7.82. The van der Waals surface area contributed by atoms with Crippen LogP contribution in [0.1, 0.15) is 12.5 Å². The van der Waals surface area contributed by atoms with Crippen LogP contribution in [0, 0.1) is 0 Å². The maximum atomic E-state index is 11.5. The normalized spacial score (nSPS) is 10.4. The summed E-state index contributed by atoms with van der Waals surface area (Å²) < 4.78 is 0.219. The fraction of sp³-hybridized carbons (Fsp3) is 0.182. The van der Waals surface area contributed by atoms with Crippen LogP contribution in [0.3, 0.4) is 0 Å². The summed E-state index contributed by atoms with van der Waals surface area (Å²) in [5, 5.41) is 0. The van der Waals surface area contributed by atoms with Crippen LogP contribution in [0.2, 0.25) is 0 Å². The minimum atomic E-state index is 0.219. The van der Waals surface area contributed by atoms with Crippen LogP contribution in [-0.2, 0) is 6.42 Å². The first kappa shape index (κ1) is 9.62. The van der Waals surface area contributed by atoms with Crippen LogP contribution in [0.25, 0.3) is 10.4 Å². The van der Waals surface area contributed by atoms with E-state index in [4.69, 9.17) is 0 Å². The highest BCUT2D eigenvalue weighted by atomic mass is 32.9. The van der Waals surface area contributed by atoms with Crippen LogP contribution in [0.4, 0.5) is 0 Å². The largest absolute Gasteiger partial charge is 0.277 e. The predicted molar refractivity (Wildman–Crippen MR) is 63.3 cm³/mol. The summed E-state index contributed by atoms with van der Waals surface area (Å²) in [7, 11) is 2.92. The Kier molecular flexibility index (Phi) is 2.79. The van der Waals surface area contributed by atoms with Crippen molar-refractivity contribution in [3.8, 4) is 10.4 Å². The van der Waals surface area contributed by atoms with Crippen LogP contribution in [-0.4, -0.2) is 0 Å². The van der Waals surface area contributed by atoms with E-state index >= 15 is 0 Å². The molecule has 0 N–H and O–H groups in total. The molecule has 1 nitrogen and oxygen atoms in total. The van der Waals surface area contributed by atoms with Gasteiger partial charge in [0.05, 0.1) is 4.88 Å². The van der Waals surface area contributed by atoms with Gasteiger partial charge in [-0.3, -0.25) is 4.79 Å². The Labute approximate surface area is 90.1 Å². The molecule has 0 aliphatic rings. The highest BCUT2D eigenvalue weighted by Gasteiger charge is 2.09. The highest BCUT2D eigenvalue weighted by molar-refractivity contribution is 7.69. The Morgan fingerprint density at radius 3 is 2.50 bits per heavy atom. The Balaban J connectivity index is 2.57. The van der Waals surface area contributed by atoms with Crippen LogP contribution in [0.5, 0.6) is 0 Å². The molecule has 0 aliphatic carbocycles. The molecule has 2 aromatic rings.